The molecule has 0 amide bonds. The Labute approximate surface area is 77.6 Å². The van der Waals surface area contributed by atoms with Gasteiger partial charge in [-0.15, -0.1) is 0 Å². The minimum Gasteiger partial charge on any atom is -0.264 e. The quantitative estimate of drug-likeness (QED) is 0.657. The molecule has 1 aromatic rings. The Morgan fingerprint density at radius 2 is 2.42 bits per heavy atom. The average molecular weight is 179 g/mol. The maximum absolute atomic E-state index is 4.15. The van der Waals surface area contributed by atoms with Crippen molar-refractivity contribution in [3.05, 3.63) is 30.1 Å². The van der Waals surface area contributed by atoms with Crippen LogP contribution in [0, 0.1) is 0 Å². The molecular formula is C10H13NS. The second kappa shape index (κ2) is 3.94. The lowest BCUT2D eigenvalue weighted by molar-refractivity contribution is 0.685. The number of thioether (sulfide) groups is 1. The normalized spacial score (nSPS) is 23.8. The standard InChI is InChI=1S/C10H13NS/c1-2-7-12-10(5-1)9-4-3-6-11-8-9/h3-4,6,8,10H,1-2,5,7H2/t10-/m1/s1. The highest BCUT2D eigenvalue weighted by molar-refractivity contribution is 7.99. The molecule has 1 atom stereocenters. The molecule has 12 heavy (non-hydrogen) atoms. The lowest BCUT2D eigenvalue weighted by Gasteiger charge is -2.20. The molecule has 0 N–H and O–H groups in total. The fourth-order valence-corrected chi connectivity index (χ4v) is 2.89. The Bertz CT molecular complexity index is 229. The van der Waals surface area contributed by atoms with Crippen molar-refractivity contribution in [3.8, 4) is 0 Å². The Morgan fingerprint density at radius 3 is 3.08 bits per heavy atom. The van der Waals surface area contributed by atoms with Gasteiger partial charge in [0.2, 0.25) is 0 Å². The summed E-state index contributed by atoms with van der Waals surface area (Å²) in [6.45, 7) is 0. The summed E-state index contributed by atoms with van der Waals surface area (Å²) in [5.41, 5.74) is 1.40. The molecule has 0 aliphatic carbocycles. The van der Waals surface area contributed by atoms with Crippen LogP contribution in [0.3, 0.4) is 0 Å². The number of aromatic nitrogens is 1. The largest absolute Gasteiger partial charge is 0.264 e. The topological polar surface area (TPSA) is 12.9 Å². The van der Waals surface area contributed by atoms with E-state index in [9.17, 15) is 0 Å². The van der Waals surface area contributed by atoms with Crippen LogP contribution >= 0.6 is 11.8 Å². The third-order valence-electron chi connectivity index (χ3n) is 2.24. The Morgan fingerprint density at radius 1 is 1.42 bits per heavy atom. The van der Waals surface area contributed by atoms with E-state index in [4.69, 9.17) is 0 Å². The van der Waals surface area contributed by atoms with E-state index in [-0.39, 0.29) is 0 Å². The monoisotopic (exact) mass is 179 g/mol. The van der Waals surface area contributed by atoms with Crippen LogP contribution in [-0.2, 0) is 0 Å². The molecule has 2 heterocycles. The molecule has 64 valence electrons. The van der Waals surface area contributed by atoms with Gasteiger partial charge in [-0.05, 0) is 30.2 Å². The van der Waals surface area contributed by atoms with Crippen LogP contribution in [0.25, 0.3) is 0 Å². The highest BCUT2D eigenvalue weighted by Crippen LogP contribution is 2.37. The van der Waals surface area contributed by atoms with Crippen molar-refractivity contribution in [1.29, 1.82) is 0 Å². The van der Waals surface area contributed by atoms with E-state index in [0.29, 0.717) is 5.25 Å². The van der Waals surface area contributed by atoms with E-state index < -0.39 is 0 Å². The minimum atomic E-state index is 0.715. The molecule has 1 saturated heterocycles. The lowest BCUT2D eigenvalue weighted by atomic mass is 10.1. The molecule has 2 rings (SSSR count). The predicted molar refractivity (Wildman–Crippen MR) is 53.3 cm³/mol. The van der Waals surface area contributed by atoms with Gasteiger partial charge < -0.3 is 0 Å². The van der Waals surface area contributed by atoms with Crippen LogP contribution in [0.1, 0.15) is 30.1 Å². The summed E-state index contributed by atoms with van der Waals surface area (Å²) in [7, 11) is 0. The Kier molecular flexibility index (Phi) is 2.67. The van der Waals surface area contributed by atoms with Gasteiger partial charge in [-0.1, -0.05) is 12.5 Å². The first-order valence-corrected chi connectivity index (χ1v) is 5.53. The van der Waals surface area contributed by atoms with Crippen molar-refractivity contribution in [3.63, 3.8) is 0 Å². The van der Waals surface area contributed by atoms with Gasteiger partial charge in [0.15, 0.2) is 0 Å². The van der Waals surface area contributed by atoms with E-state index >= 15 is 0 Å². The summed E-state index contributed by atoms with van der Waals surface area (Å²) in [6, 6.07) is 4.22. The highest BCUT2D eigenvalue weighted by atomic mass is 32.2. The zero-order valence-corrected chi connectivity index (χ0v) is 7.89. The van der Waals surface area contributed by atoms with Crippen molar-refractivity contribution in [2.45, 2.75) is 24.5 Å². The number of hydrogen-bond acceptors (Lipinski definition) is 2. The fourth-order valence-electron chi connectivity index (χ4n) is 1.57. The smallest absolute Gasteiger partial charge is 0.0312 e. The third-order valence-corrected chi connectivity index (χ3v) is 3.67. The van der Waals surface area contributed by atoms with Gasteiger partial charge in [0.05, 0.1) is 0 Å². The second-order valence-electron chi connectivity index (χ2n) is 3.14. The Hall–Kier alpha value is -0.500. The summed E-state index contributed by atoms with van der Waals surface area (Å²) >= 11 is 2.08. The van der Waals surface area contributed by atoms with Gasteiger partial charge in [-0.2, -0.15) is 11.8 Å². The van der Waals surface area contributed by atoms with Crippen LogP contribution in [0.15, 0.2) is 24.5 Å². The number of rotatable bonds is 1. The number of hydrogen-bond donors (Lipinski definition) is 0. The molecule has 1 aliphatic rings. The first kappa shape index (κ1) is 8.11. The SMILES string of the molecule is c1cncc([C@H]2CCCCS2)c1. The van der Waals surface area contributed by atoms with Crippen molar-refractivity contribution >= 4 is 11.8 Å². The van der Waals surface area contributed by atoms with Crippen molar-refractivity contribution < 1.29 is 0 Å². The Balaban J connectivity index is 2.08. The van der Waals surface area contributed by atoms with E-state index in [2.05, 4.69) is 22.8 Å². The summed E-state index contributed by atoms with van der Waals surface area (Å²) in [5, 5.41) is 0.715. The van der Waals surface area contributed by atoms with E-state index in [1.807, 2.05) is 18.5 Å². The zero-order valence-electron chi connectivity index (χ0n) is 7.07. The van der Waals surface area contributed by atoms with Crippen LogP contribution in [0.4, 0.5) is 0 Å². The molecule has 1 aliphatic heterocycles. The molecule has 1 aromatic heterocycles. The molecule has 0 spiro atoms. The summed E-state index contributed by atoms with van der Waals surface area (Å²) in [5.74, 6) is 1.32. The third kappa shape index (κ3) is 1.81. The maximum atomic E-state index is 4.15. The van der Waals surface area contributed by atoms with Gasteiger partial charge in [-0.25, -0.2) is 0 Å². The minimum absolute atomic E-state index is 0.715. The molecule has 2 heteroatoms. The van der Waals surface area contributed by atoms with Crippen LogP contribution in [0.5, 0.6) is 0 Å². The van der Waals surface area contributed by atoms with E-state index in [1.54, 1.807) is 0 Å². The average Bonchev–Trinajstić information content (AvgIpc) is 2.21. The molecular weight excluding hydrogens is 166 g/mol. The van der Waals surface area contributed by atoms with Gasteiger partial charge in [-0.3, -0.25) is 4.98 Å². The van der Waals surface area contributed by atoms with Crippen LogP contribution in [0.2, 0.25) is 0 Å². The first-order valence-electron chi connectivity index (χ1n) is 4.48. The predicted octanol–water partition coefficient (Wildman–Crippen LogP) is 3.04. The summed E-state index contributed by atoms with van der Waals surface area (Å²) in [4.78, 5) is 4.15. The van der Waals surface area contributed by atoms with Crippen LogP contribution in [-0.4, -0.2) is 10.7 Å². The molecule has 0 aromatic carbocycles. The number of pyridine rings is 1. The maximum Gasteiger partial charge on any atom is 0.0312 e. The summed E-state index contributed by atoms with van der Waals surface area (Å²) < 4.78 is 0. The van der Waals surface area contributed by atoms with Crippen molar-refractivity contribution in [1.82, 2.24) is 4.98 Å². The van der Waals surface area contributed by atoms with E-state index in [1.165, 1.54) is 30.6 Å². The highest BCUT2D eigenvalue weighted by Gasteiger charge is 2.15. The lowest BCUT2D eigenvalue weighted by Crippen LogP contribution is -2.01. The van der Waals surface area contributed by atoms with Crippen LogP contribution < -0.4 is 0 Å². The molecule has 1 nitrogen and oxygen atoms in total. The molecule has 0 saturated carbocycles. The zero-order chi connectivity index (χ0) is 8.23. The van der Waals surface area contributed by atoms with Gasteiger partial charge in [0.1, 0.15) is 0 Å². The van der Waals surface area contributed by atoms with Gasteiger partial charge in [0, 0.05) is 17.6 Å². The molecule has 0 bridgehead atoms. The number of nitrogens with zero attached hydrogens (tertiary/aromatic N) is 1. The van der Waals surface area contributed by atoms with E-state index in [0.717, 1.165) is 0 Å². The molecule has 0 radical (unpaired) electrons. The first-order chi connectivity index (χ1) is 5.97. The van der Waals surface area contributed by atoms with Crippen molar-refractivity contribution in [2.24, 2.45) is 0 Å². The van der Waals surface area contributed by atoms with Gasteiger partial charge in [0.25, 0.3) is 0 Å². The fraction of sp³-hybridized carbons (Fsp3) is 0.500. The second-order valence-corrected chi connectivity index (χ2v) is 4.45. The molecule has 0 unspecified atom stereocenters. The summed E-state index contributed by atoms with van der Waals surface area (Å²) in [6.07, 6.45) is 7.95. The van der Waals surface area contributed by atoms with Gasteiger partial charge >= 0.3 is 0 Å². The molecule has 1 fully saturated rings. The van der Waals surface area contributed by atoms with Crippen molar-refractivity contribution in [2.75, 3.05) is 5.75 Å².